The Morgan fingerprint density at radius 3 is 2.50 bits per heavy atom. The van der Waals surface area contributed by atoms with Crippen LogP contribution in [0.3, 0.4) is 0 Å². The minimum absolute atomic E-state index is 0.859. The van der Waals surface area contributed by atoms with Gasteiger partial charge in [-0.15, -0.1) is 0 Å². The van der Waals surface area contributed by atoms with Gasteiger partial charge in [0.05, 0.1) is 0 Å². The number of rotatable bonds is 4. The van der Waals surface area contributed by atoms with Crippen LogP contribution in [0, 0.1) is 0 Å². The zero-order valence-corrected chi connectivity index (χ0v) is 8.30. The predicted molar refractivity (Wildman–Crippen MR) is 55.7 cm³/mol. The van der Waals surface area contributed by atoms with Gasteiger partial charge in [0.1, 0.15) is 0 Å². The van der Waals surface area contributed by atoms with Gasteiger partial charge in [-0.25, -0.2) is 0 Å². The summed E-state index contributed by atoms with van der Waals surface area (Å²) in [4.78, 5) is 0. The van der Waals surface area contributed by atoms with E-state index in [2.05, 4.69) is 26.0 Å². The first kappa shape index (κ1) is 11.0. The molecule has 0 aromatic carbocycles. The van der Waals surface area contributed by atoms with Crippen LogP contribution in [-0.4, -0.2) is 0 Å². The first-order valence-corrected chi connectivity index (χ1v) is 4.47. The topological polar surface area (TPSA) is 26.0 Å². The largest absolute Gasteiger partial charge is 0.399 e. The molecule has 0 fully saturated rings. The first-order valence-electron chi connectivity index (χ1n) is 4.47. The molecule has 0 aromatic heterocycles. The molecule has 0 atom stereocenters. The fourth-order valence-electron chi connectivity index (χ4n) is 0.703. The molecule has 1 heteroatoms. The van der Waals surface area contributed by atoms with E-state index in [9.17, 15) is 0 Å². The number of unbranched alkanes of at least 4 members (excludes halogenated alkanes) is 1. The van der Waals surface area contributed by atoms with Crippen LogP contribution in [-0.2, 0) is 0 Å². The van der Waals surface area contributed by atoms with Gasteiger partial charge in [0.2, 0.25) is 0 Å². The van der Waals surface area contributed by atoms with Gasteiger partial charge < -0.3 is 5.73 Å². The van der Waals surface area contributed by atoms with Crippen LogP contribution < -0.4 is 5.73 Å². The molecule has 0 saturated carbocycles. The van der Waals surface area contributed by atoms with E-state index in [0.29, 0.717) is 0 Å². The Morgan fingerprint density at radius 2 is 2.00 bits per heavy atom. The molecule has 0 saturated heterocycles. The number of hydrogen-bond acceptors (Lipinski definition) is 1. The molecule has 0 radical (unpaired) electrons. The van der Waals surface area contributed by atoms with Crippen molar-refractivity contribution in [2.24, 2.45) is 5.73 Å². The van der Waals surface area contributed by atoms with Crippen molar-refractivity contribution in [1.82, 2.24) is 0 Å². The van der Waals surface area contributed by atoms with Crippen molar-refractivity contribution in [3.8, 4) is 0 Å². The highest BCUT2D eigenvalue weighted by molar-refractivity contribution is 5.24. The van der Waals surface area contributed by atoms with Crippen molar-refractivity contribution in [3.05, 3.63) is 35.6 Å². The molecule has 0 rings (SSSR count). The lowest BCUT2D eigenvalue weighted by atomic mass is 10.2. The molecule has 0 amide bonds. The van der Waals surface area contributed by atoms with Crippen LogP contribution >= 0.6 is 0 Å². The zero-order valence-electron chi connectivity index (χ0n) is 8.30. The van der Waals surface area contributed by atoms with Crippen molar-refractivity contribution in [2.45, 2.75) is 33.6 Å². The minimum atomic E-state index is 0.859. The lowest BCUT2D eigenvalue weighted by Crippen LogP contribution is -1.92. The third-order valence-electron chi connectivity index (χ3n) is 1.66. The number of hydrogen-bond donors (Lipinski definition) is 1. The van der Waals surface area contributed by atoms with E-state index in [1.54, 1.807) is 0 Å². The van der Waals surface area contributed by atoms with Crippen molar-refractivity contribution < 1.29 is 0 Å². The van der Waals surface area contributed by atoms with Gasteiger partial charge in [0, 0.05) is 5.70 Å². The Labute approximate surface area is 75.7 Å². The van der Waals surface area contributed by atoms with E-state index in [-0.39, 0.29) is 0 Å². The fourth-order valence-corrected chi connectivity index (χ4v) is 0.703. The molecule has 2 N–H and O–H groups in total. The Kier molecular flexibility index (Phi) is 6.16. The average molecular weight is 165 g/mol. The molecule has 0 aromatic rings. The highest BCUT2D eigenvalue weighted by atomic mass is 14.5. The average Bonchev–Trinajstić information content (AvgIpc) is 2.10. The molecule has 1 nitrogen and oxygen atoms in total. The molecule has 12 heavy (non-hydrogen) atoms. The molecule has 0 bridgehead atoms. The van der Waals surface area contributed by atoms with Crippen LogP contribution in [0.25, 0.3) is 0 Å². The first-order chi connectivity index (χ1) is 5.70. The Morgan fingerprint density at radius 1 is 1.33 bits per heavy atom. The van der Waals surface area contributed by atoms with E-state index < -0.39 is 0 Å². The highest BCUT2D eigenvalue weighted by Gasteiger charge is 1.82. The van der Waals surface area contributed by atoms with Crippen molar-refractivity contribution in [2.75, 3.05) is 0 Å². The summed E-state index contributed by atoms with van der Waals surface area (Å²) in [5, 5.41) is 0. The van der Waals surface area contributed by atoms with E-state index in [0.717, 1.165) is 18.5 Å². The highest BCUT2D eigenvalue weighted by Crippen LogP contribution is 1.98. The zero-order chi connectivity index (χ0) is 9.40. The Balaban J connectivity index is 3.98. The second kappa shape index (κ2) is 6.71. The van der Waals surface area contributed by atoms with Crippen LogP contribution in [0.2, 0.25) is 0 Å². The normalized spacial score (nSPS) is 14.2. The SMILES string of the molecule is C\C=C(C)/C=C\C(N)=C\CCC. The molecule has 0 aliphatic rings. The maximum Gasteiger partial charge on any atom is 0.0273 e. The number of nitrogens with two attached hydrogens (primary N) is 1. The molecule has 68 valence electrons. The summed E-state index contributed by atoms with van der Waals surface area (Å²) in [5.74, 6) is 0. The number of allylic oxidation sites excluding steroid dienone is 5. The molecule has 0 spiro atoms. The molecule has 0 unspecified atom stereocenters. The minimum Gasteiger partial charge on any atom is -0.399 e. The van der Waals surface area contributed by atoms with E-state index in [4.69, 9.17) is 5.73 Å². The van der Waals surface area contributed by atoms with Gasteiger partial charge in [-0.1, -0.05) is 37.1 Å². The summed E-state index contributed by atoms with van der Waals surface area (Å²) < 4.78 is 0. The second-order valence-electron chi connectivity index (χ2n) is 2.86. The molecule has 0 heterocycles. The lowest BCUT2D eigenvalue weighted by Gasteiger charge is -1.92. The van der Waals surface area contributed by atoms with Crippen molar-refractivity contribution in [1.29, 1.82) is 0 Å². The lowest BCUT2D eigenvalue weighted by molar-refractivity contribution is 0.950. The maximum absolute atomic E-state index is 5.71. The van der Waals surface area contributed by atoms with E-state index in [1.165, 1.54) is 5.57 Å². The van der Waals surface area contributed by atoms with Gasteiger partial charge in [-0.2, -0.15) is 0 Å². The molecular formula is C11H19N. The fraction of sp³-hybridized carbons (Fsp3) is 0.455. The van der Waals surface area contributed by atoms with Gasteiger partial charge >= 0.3 is 0 Å². The third-order valence-corrected chi connectivity index (χ3v) is 1.66. The van der Waals surface area contributed by atoms with Crippen LogP contribution in [0.1, 0.15) is 33.6 Å². The Hall–Kier alpha value is -0.980. The summed E-state index contributed by atoms with van der Waals surface area (Å²) in [6.07, 6.45) is 10.3. The summed E-state index contributed by atoms with van der Waals surface area (Å²) in [5.41, 5.74) is 7.81. The molecule has 0 aliphatic heterocycles. The van der Waals surface area contributed by atoms with Gasteiger partial charge in [0.15, 0.2) is 0 Å². The van der Waals surface area contributed by atoms with E-state index >= 15 is 0 Å². The summed E-state index contributed by atoms with van der Waals surface area (Å²) >= 11 is 0. The monoisotopic (exact) mass is 165 g/mol. The van der Waals surface area contributed by atoms with Crippen molar-refractivity contribution >= 4 is 0 Å². The van der Waals surface area contributed by atoms with Crippen LogP contribution in [0.15, 0.2) is 35.6 Å². The standard InChI is InChI=1S/C11H19N/c1-4-6-7-11(12)9-8-10(3)5-2/h5,7-9H,4,6,12H2,1-3H3/b9-8-,10-5-,11-7-. The summed E-state index contributed by atoms with van der Waals surface area (Å²) in [6, 6.07) is 0. The van der Waals surface area contributed by atoms with E-state index in [1.807, 2.05) is 19.1 Å². The van der Waals surface area contributed by atoms with Crippen molar-refractivity contribution in [3.63, 3.8) is 0 Å². The summed E-state index contributed by atoms with van der Waals surface area (Å²) in [6.45, 7) is 6.22. The molecule has 0 aliphatic carbocycles. The molecular weight excluding hydrogens is 146 g/mol. The van der Waals surface area contributed by atoms with Gasteiger partial charge in [-0.3, -0.25) is 0 Å². The second-order valence-corrected chi connectivity index (χ2v) is 2.86. The van der Waals surface area contributed by atoms with Gasteiger partial charge in [0.25, 0.3) is 0 Å². The maximum atomic E-state index is 5.71. The predicted octanol–water partition coefficient (Wildman–Crippen LogP) is 3.15. The van der Waals surface area contributed by atoms with Crippen LogP contribution in [0.5, 0.6) is 0 Å². The Bertz CT molecular complexity index is 197. The smallest absolute Gasteiger partial charge is 0.0273 e. The quantitative estimate of drug-likeness (QED) is 0.636. The van der Waals surface area contributed by atoms with Gasteiger partial charge in [-0.05, 0) is 26.3 Å². The summed E-state index contributed by atoms with van der Waals surface area (Å²) in [7, 11) is 0. The third kappa shape index (κ3) is 5.78. The van der Waals surface area contributed by atoms with Crippen LogP contribution in [0.4, 0.5) is 0 Å².